The topological polar surface area (TPSA) is 42.1 Å². The third-order valence-electron chi connectivity index (χ3n) is 3.28. The average molecular weight is 258 g/mol. The molecule has 0 unspecified atom stereocenters. The zero-order chi connectivity index (χ0) is 12.3. The highest BCUT2D eigenvalue weighted by Gasteiger charge is 2.21. The third kappa shape index (κ3) is 3.07. The Kier molecular flexibility index (Phi) is 4.18. The van der Waals surface area contributed by atoms with Crippen LogP contribution in [-0.2, 0) is 0 Å². The van der Waals surface area contributed by atoms with E-state index in [1.807, 2.05) is 4.90 Å². The molecule has 17 heavy (non-hydrogen) atoms. The van der Waals surface area contributed by atoms with E-state index < -0.39 is 0 Å². The van der Waals surface area contributed by atoms with Crippen LogP contribution in [0.15, 0.2) is 12.3 Å². The number of nitrogens with two attached hydrogens (primary N) is 1. The van der Waals surface area contributed by atoms with Gasteiger partial charge in [0, 0.05) is 19.3 Å². The van der Waals surface area contributed by atoms with Crippen LogP contribution in [0.25, 0.3) is 0 Å². The van der Waals surface area contributed by atoms with Gasteiger partial charge in [-0.25, -0.2) is 9.37 Å². The molecule has 2 rings (SSSR count). The van der Waals surface area contributed by atoms with Crippen molar-refractivity contribution in [1.29, 1.82) is 0 Å². The average Bonchev–Trinajstić information content (AvgIpc) is 2.31. The first-order chi connectivity index (χ1) is 8.20. The van der Waals surface area contributed by atoms with Gasteiger partial charge in [-0.2, -0.15) is 0 Å². The number of nitrogens with zero attached hydrogens (tertiary/aromatic N) is 2. The fourth-order valence-electron chi connectivity index (χ4n) is 2.31. The summed E-state index contributed by atoms with van der Waals surface area (Å²) in [5.41, 5.74) is 5.55. The van der Waals surface area contributed by atoms with Gasteiger partial charge in [-0.15, -0.1) is 0 Å². The standard InChI is InChI=1S/C12H17ClFN3/c13-10-7-11(14)12(16-8-10)17-5-2-9(1-4-15)3-6-17/h7-9H,1-6,15H2. The van der Waals surface area contributed by atoms with E-state index in [1.165, 1.54) is 12.3 Å². The van der Waals surface area contributed by atoms with Gasteiger partial charge < -0.3 is 10.6 Å². The fraction of sp³-hybridized carbons (Fsp3) is 0.583. The summed E-state index contributed by atoms with van der Waals surface area (Å²) in [5.74, 6) is 0.752. The van der Waals surface area contributed by atoms with Gasteiger partial charge >= 0.3 is 0 Å². The molecule has 1 saturated heterocycles. The van der Waals surface area contributed by atoms with Crippen LogP contribution in [0.5, 0.6) is 0 Å². The Morgan fingerprint density at radius 3 is 2.76 bits per heavy atom. The van der Waals surface area contributed by atoms with Crippen LogP contribution in [0.3, 0.4) is 0 Å². The molecule has 1 aliphatic heterocycles. The minimum atomic E-state index is -0.338. The molecule has 0 aromatic carbocycles. The van der Waals surface area contributed by atoms with Crippen LogP contribution in [0.1, 0.15) is 19.3 Å². The SMILES string of the molecule is NCCC1CCN(c2ncc(Cl)cc2F)CC1. The summed E-state index contributed by atoms with van der Waals surface area (Å²) in [5, 5.41) is 0.337. The molecule has 1 aromatic rings. The van der Waals surface area contributed by atoms with Gasteiger partial charge in [0.2, 0.25) is 0 Å². The summed E-state index contributed by atoms with van der Waals surface area (Å²) in [7, 11) is 0. The molecule has 1 aromatic heterocycles. The lowest BCUT2D eigenvalue weighted by atomic mass is 9.93. The van der Waals surface area contributed by atoms with E-state index in [9.17, 15) is 4.39 Å². The second-order valence-corrected chi connectivity index (χ2v) is 4.90. The lowest BCUT2D eigenvalue weighted by Crippen LogP contribution is -2.35. The Labute approximate surface area is 106 Å². The highest BCUT2D eigenvalue weighted by Crippen LogP contribution is 2.26. The Bertz CT molecular complexity index is 378. The second-order valence-electron chi connectivity index (χ2n) is 4.47. The molecule has 1 fully saturated rings. The van der Waals surface area contributed by atoms with Crippen molar-refractivity contribution in [2.24, 2.45) is 11.7 Å². The lowest BCUT2D eigenvalue weighted by Gasteiger charge is -2.32. The van der Waals surface area contributed by atoms with Crippen molar-refractivity contribution in [3.05, 3.63) is 23.1 Å². The Morgan fingerprint density at radius 1 is 1.47 bits per heavy atom. The summed E-state index contributed by atoms with van der Waals surface area (Å²) in [6.45, 7) is 2.42. The first kappa shape index (κ1) is 12.6. The molecule has 1 aliphatic rings. The summed E-state index contributed by atoms with van der Waals surface area (Å²) in [6.07, 6.45) is 4.66. The quantitative estimate of drug-likeness (QED) is 0.904. The van der Waals surface area contributed by atoms with Crippen LogP contribution in [0.2, 0.25) is 5.02 Å². The minimum absolute atomic E-state index is 0.337. The number of hydrogen-bond acceptors (Lipinski definition) is 3. The molecular weight excluding hydrogens is 241 g/mol. The zero-order valence-corrected chi connectivity index (χ0v) is 10.5. The number of piperidine rings is 1. The Hall–Kier alpha value is -0.870. The van der Waals surface area contributed by atoms with Gasteiger partial charge in [0.1, 0.15) is 0 Å². The molecule has 0 radical (unpaired) electrons. The molecular formula is C12H17ClFN3. The highest BCUT2D eigenvalue weighted by molar-refractivity contribution is 6.30. The molecule has 5 heteroatoms. The largest absolute Gasteiger partial charge is 0.354 e. The van der Waals surface area contributed by atoms with E-state index in [2.05, 4.69) is 4.98 Å². The fourth-order valence-corrected chi connectivity index (χ4v) is 2.45. The van der Waals surface area contributed by atoms with Gasteiger partial charge in [-0.05, 0) is 37.8 Å². The van der Waals surface area contributed by atoms with Crippen LogP contribution >= 0.6 is 11.6 Å². The van der Waals surface area contributed by atoms with E-state index in [0.29, 0.717) is 16.8 Å². The van der Waals surface area contributed by atoms with Crippen LogP contribution in [-0.4, -0.2) is 24.6 Å². The van der Waals surface area contributed by atoms with Gasteiger partial charge in [-0.1, -0.05) is 11.6 Å². The molecule has 2 heterocycles. The van der Waals surface area contributed by atoms with Gasteiger partial charge in [0.05, 0.1) is 5.02 Å². The Morgan fingerprint density at radius 2 is 2.18 bits per heavy atom. The zero-order valence-electron chi connectivity index (χ0n) is 9.70. The molecule has 3 nitrogen and oxygen atoms in total. The molecule has 2 N–H and O–H groups in total. The second kappa shape index (κ2) is 5.65. The molecule has 0 aliphatic carbocycles. The van der Waals surface area contributed by atoms with Crippen LogP contribution in [0.4, 0.5) is 10.2 Å². The molecule has 0 spiro atoms. The van der Waals surface area contributed by atoms with Crippen molar-refractivity contribution in [3.8, 4) is 0 Å². The van der Waals surface area contributed by atoms with E-state index in [1.54, 1.807) is 0 Å². The maximum absolute atomic E-state index is 13.7. The number of aromatic nitrogens is 1. The van der Waals surface area contributed by atoms with Crippen LogP contribution < -0.4 is 10.6 Å². The summed E-state index contributed by atoms with van der Waals surface area (Å²) in [4.78, 5) is 6.05. The van der Waals surface area contributed by atoms with Crippen molar-refractivity contribution >= 4 is 17.4 Å². The maximum Gasteiger partial charge on any atom is 0.167 e. The number of halogens is 2. The monoisotopic (exact) mass is 257 g/mol. The van der Waals surface area contributed by atoms with Crippen molar-refractivity contribution in [1.82, 2.24) is 4.98 Å². The number of anilines is 1. The summed E-state index contributed by atoms with van der Waals surface area (Å²) < 4.78 is 13.7. The smallest absolute Gasteiger partial charge is 0.167 e. The molecule has 0 atom stereocenters. The number of hydrogen-bond donors (Lipinski definition) is 1. The van der Waals surface area contributed by atoms with E-state index in [0.717, 1.165) is 38.9 Å². The first-order valence-electron chi connectivity index (χ1n) is 5.96. The first-order valence-corrected chi connectivity index (χ1v) is 6.34. The Balaban J connectivity index is 2.00. The van der Waals surface area contributed by atoms with Crippen LogP contribution in [0, 0.1) is 11.7 Å². The van der Waals surface area contributed by atoms with E-state index >= 15 is 0 Å². The summed E-state index contributed by atoms with van der Waals surface area (Å²) in [6, 6.07) is 1.32. The minimum Gasteiger partial charge on any atom is -0.354 e. The normalized spacial score (nSPS) is 17.5. The molecule has 0 bridgehead atoms. The van der Waals surface area contributed by atoms with Gasteiger partial charge in [0.15, 0.2) is 11.6 Å². The summed E-state index contributed by atoms with van der Waals surface area (Å²) >= 11 is 5.69. The highest BCUT2D eigenvalue weighted by atomic mass is 35.5. The number of rotatable bonds is 3. The predicted octanol–water partition coefficient (Wildman–Crippen LogP) is 2.44. The van der Waals surface area contributed by atoms with Gasteiger partial charge in [0.25, 0.3) is 0 Å². The van der Waals surface area contributed by atoms with Crippen molar-refractivity contribution < 1.29 is 4.39 Å². The van der Waals surface area contributed by atoms with Crippen molar-refractivity contribution in [3.63, 3.8) is 0 Å². The maximum atomic E-state index is 13.7. The molecule has 94 valence electrons. The van der Waals surface area contributed by atoms with Gasteiger partial charge in [-0.3, -0.25) is 0 Å². The third-order valence-corrected chi connectivity index (χ3v) is 3.48. The molecule has 0 amide bonds. The van der Waals surface area contributed by atoms with E-state index in [-0.39, 0.29) is 5.82 Å². The van der Waals surface area contributed by atoms with Crippen molar-refractivity contribution in [2.45, 2.75) is 19.3 Å². The number of pyridine rings is 1. The predicted molar refractivity (Wildman–Crippen MR) is 67.8 cm³/mol. The molecule has 0 saturated carbocycles. The lowest BCUT2D eigenvalue weighted by molar-refractivity contribution is 0.382. The van der Waals surface area contributed by atoms with Crippen molar-refractivity contribution in [2.75, 3.05) is 24.5 Å². The van der Waals surface area contributed by atoms with E-state index in [4.69, 9.17) is 17.3 Å².